The molecule has 0 aliphatic heterocycles. The topological polar surface area (TPSA) is 47.3 Å². The maximum atomic E-state index is 12.6. The predicted molar refractivity (Wildman–Crippen MR) is 84.7 cm³/mol. The fraction of sp³-hybridized carbons (Fsp3) is 0.529. The normalized spacial score (nSPS) is 12.0. The van der Waals surface area contributed by atoms with Crippen LogP contribution in [-0.2, 0) is 11.2 Å². The van der Waals surface area contributed by atoms with Crippen LogP contribution in [0.25, 0.3) is 0 Å². The highest BCUT2D eigenvalue weighted by molar-refractivity contribution is 5.81. The molecule has 0 fully saturated rings. The minimum Gasteiger partial charge on any atom is -0.340 e. The van der Waals surface area contributed by atoms with Crippen LogP contribution in [0.4, 0.5) is 0 Å². The van der Waals surface area contributed by atoms with E-state index < -0.39 is 5.92 Å². The van der Waals surface area contributed by atoms with Gasteiger partial charge in [-0.3, -0.25) is 4.79 Å². The predicted octanol–water partition coefficient (Wildman–Crippen LogP) is 2.17. The van der Waals surface area contributed by atoms with Gasteiger partial charge in [-0.05, 0) is 32.5 Å². The fourth-order valence-electron chi connectivity index (χ4n) is 2.18. The standard InChI is InChI=1S/C17H25N3O/c1-4-10-20(12-11-19(2)3)17(21)16(14-18)13-15-8-6-5-7-9-15/h5-9,16H,4,10-13H2,1-3H3. The first kappa shape index (κ1) is 17.2. The third-order valence-corrected chi connectivity index (χ3v) is 3.36. The van der Waals surface area contributed by atoms with Gasteiger partial charge in [0.05, 0.1) is 6.07 Å². The van der Waals surface area contributed by atoms with Crippen molar-refractivity contribution in [3.05, 3.63) is 35.9 Å². The molecule has 1 atom stereocenters. The Hall–Kier alpha value is -1.86. The van der Waals surface area contributed by atoms with Crippen LogP contribution in [0.2, 0.25) is 0 Å². The Morgan fingerprint density at radius 1 is 1.19 bits per heavy atom. The van der Waals surface area contributed by atoms with Crippen molar-refractivity contribution >= 4 is 5.91 Å². The van der Waals surface area contributed by atoms with Gasteiger partial charge in [-0.1, -0.05) is 37.3 Å². The van der Waals surface area contributed by atoms with Crippen molar-refractivity contribution < 1.29 is 4.79 Å². The highest BCUT2D eigenvalue weighted by Gasteiger charge is 2.23. The van der Waals surface area contributed by atoms with Crippen LogP contribution in [0.3, 0.4) is 0 Å². The van der Waals surface area contributed by atoms with E-state index in [1.807, 2.05) is 49.3 Å². The van der Waals surface area contributed by atoms with E-state index in [1.54, 1.807) is 0 Å². The van der Waals surface area contributed by atoms with Crippen LogP contribution in [0.1, 0.15) is 18.9 Å². The summed E-state index contributed by atoms with van der Waals surface area (Å²) < 4.78 is 0. The average molecular weight is 287 g/mol. The number of hydrogen-bond donors (Lipinski definition) is 0. The van der Waals surface area contributed by atoms with Crippen molar-refractivity contribution in [1.82, 2.24) is 9.80 Å². The molecule has 21 heavy (non-hydrogen) atoms. The molecule has 0 N–H and O–H groups in total. The Balaban J connectivity index is 2.72. The summed E-state index contributed by atoms with van der Waals surface area (Å²) in [5.41, 5.74) is 1.03. The Labute approximate surface area is 128 Å². The van der Waals surface area contributed by atoms with Crippen molar-refractivity contribution in [2.24, 2.45) is 5.92 Å². The second kappa shape index (κ2) is 9.15. The molecule has 0 saturated heterocycles. The van der Waals surface area contributed by atoms with E-state index in [2.05, 4.69) is 17.9 Å². The molecule has 0 heterocycles. The fourth-order valence-corrected chi connectivity index (χ4v) is 2.18. The van der Waals surface area contributed by atoms with Gasteiger partial charge in [-0.15, -0.1) is 0 Å². The zero-order chi connectivity index (χ0) is 15.7. The van der Waals surface area contributed by atoms with E-state index in [4.69, 9.17) is 0 Å². The maximum Gasteiger partial charge on any atom is 0.240 e. The number of nitrogens with zero attached hydrogens (tertiary/aromatic N) is 3. The lowest BCUT2D eigenvalue weighted by atomic mass is 9.99. The number of carbonyl (C=O) groups excluding carboxylic acids is 1. The first-order chi connectivity index (χ1) is 10.1. The van der Waals surface area contributed by atoms with Gasteiger partial charge in [0.2, 0.25) is 5.91 Å². The van der Waals surface area contributed by atoms with E-state index in [1.165, 1.54) is 0 Å². The highest BCUT2D eigenvalue weighted by Crippen LogP contribution is 2.12. The largest absolute Gasteiger partial charge is 0.340 e. The average Bonchev–Trinajstić information content (AvgIpc) is 2.49. The summed E-state index contributed by atoms with van der Waals surface area (Å²) in [6.07, 6.45) is 1.39. The van der Waals surface area contributed by atoms with E-state index in [0.29, 0.717) is 19.5 Å². The molecular formula is C17H25N3O. The van der Waals surface area contributed by atoms with E-state index in [9.17, 15) is 10.1 Å². The molecule has 0 spiro atoms. The molecule has 0 aromatic heterocycles. The number of rotatable bonds is 8. The van der Waals surface area contributed by atoms with Crippen molar-refractivity contribution in [1.29, 1.82) is 5.26 Å². The lowest BCUT2D eigenvalue weighted by Gasteiger charge is -2.26. The SMILES string of the molecule is CCCN(CCN(C)C)C(=O)C(C#N)Cc1ccccc1. The smallest absolute Gasteiger partial charge is 0.240 e. The number of likely N-dealkylation sites (N-methyl/N-ethyl adjacent to an activating group) is 1. The minimum atomic E-state index is -0.596. The zero-order valence-electron chi connectivity index (χ0n) is 13.2. The monoisotopic (exact) mass is 287 g/mol. The van der Waals surface area contributed by atoms with Crippen LogP contribution in [0.15, 0.2) is 30.3 Å². The molecule has 0 aliphatic rings. The van der Waals surface area contributed by atoms with Crippen molar-refractivity contribution in [2.45, 2.75) is 19.8 Å². The van der Waals surface area contributed by atoms with Gasteiger partial charge in [0.15, 0.2) is 0 Å². The van der Waals surface area contributed by atoms with Crippen LogP contribution in [0.5, 0.6) is 0 Å². The Bertz CT molecular complexity index is 465. The van der Waals surface area contributed by atoms with Gasteiger partial charge in [-0.2, -0.15) is 5.26 Å². The van der Waals surface area contributed by atoms with Crippen LogP contribution in [-0.4, -0.2) is 49.4 Å². The summed E-state index contributed by atoms with van der Waals surface area (Å²) in [4.78, 5) is 16.4. The number of nitriles is 1. The van der Waals surface area contributed by atoms with E-state index >= 15 is 0 Å². The van der Waals surface area contributed by atoms with Crippen LogP contribution < -0.4 is 0 Å². The van der Waals surface area contributed by atoms with Gasteiger partial charge < -0.3 is 9.80 Å². The third-order valence-electron chi connectivity index (χ3n) is 3.36. The quantitative estimate of drug-likeness (QED) is 0.736. The molecule has 0 aliphatic carbocycles. The summed E-state index contributed by atoms with van der Waals surface area (Å²) in [6.45, 7) is 4.25. The molecular weight excluding hydrogens is 262 g/mol. The summed E-state index contributed by atoms with van der Waals surface area (Å²) in [5, 5.41) is 9.34. The first-order valence-electron chi connectivity index (χ1n) is 7.45. The highest BCUT2D eigenvalue weighted by atomic mass is 16.2. The lowest BCUT2D eigenvalue weighted by Crippen LogP contribution is -2.41. The van der Waals surface area contributed by atoms with Crippen LogP contribution in [0, 0.1) is 17.2 Å². The molecule has 4 heteroatoms. The number of hydrogen-bond acceptors (Lipinski definition) is 3. The Morgan fingerprint density at radius 3 is 2.38 bits per heavy atom. The molecule has 0 saturated carbocycles. The number of carbonyl (C=O) groups is 1. The van der Waals surface area contributed by atoms with Gasteiger partial charge in [0.1, 0.15) is 5.92 Å². The van der Waals surface area contributed by atoms with E-state index in [0.717, 1.165) is 18.5 Å². The second-order valence-electron chi connectivity index (χ2n) is 5.50. The van der Waals surface area contributed by atoms with Crippen molar-refractivity contribution in [3.8, 4) is 6.07 Å². The van der Waals surface area contributed by atoms with Crippen LogP contribution >= 0.6 is 0 Å². The van der Waals surface area contributed by atoms with E-state index in [-0.39, 0.29) is 5.91 Å². The molecule has 1 amide bonds. The lowest BCUT2D eigenvalue weighted by molar-refractivity contribution is -0.134. The summed E-state index contributed by atoms with van der Waals surface area (Å²) in [6, 6.07) is 11.9. The van der Waals surface area contributed by atoms with Crippen molar-refractivity contribution in [3.63, 3.8) is 0 Å². The molecule has 0 radical (unpaired) electrons. The summed E-state index contributed by atoms with van der Waals surface area (Å²) in [5.74, 6) is -0.647. The Morgan fingerprint density at radius 2 is 1.86 bits per heavy atom. The molecule has 1 unspecified atom stereocenters. The van der Waals surface area contributed by atoms with Gasteiger partial charge >= 0.3 is 0 Å². The molecule has 114 valence electrons. The summed E-state index contributed by atoms with van der Waals surface area (Å²) >= 11 is 0. The maximum absolute atomic E-state index is 12.6. The molecule has 4 nitrogen and oxygen atoms in total. The Kier molecular flexibility index (Phi) is 7.49. The van der Waals surface area contributed by atoms with Crippen molar-refractivity contribution in [2.75, 3.05) is 33.7 Å². The molecule has 1 rings (SSSR count). The minimum absolute atomic E-state index is 0.0509. The number of amides is 1. The van der Waals surface area contributed by atoms with Gasteiger partial charge in [-0.25, -0.2) is 0 Å². The summed E-state index contributed by atoms with van der Waals surface area (Å²) in [7, 11) is 3.97. The van der Waals surface area contributed by atoms with Gasteiger partial charge in [0, 0.05) is 19.6 Å². The second-order valence-corrected chi connectivity index (χ2v) is 5.50. The first-order valence-corrected chi connectivity index (χ1v) is 7.45. The molecule has 1 aromatic carbocycles. The van der Waals surface area contributed by atoms with Gasteiger partial charge in [0.25, 0.3) is 0 Å². The number of benzene rings is 1. The molecule has 1 aromatic rings. The zero-order valence-corrected chi connectivity index (χ0v) is 13.2. The third kappa shape index (κ3) is 5.97. The molecule has 0 bridgehead atoms.